The Morgan fingerprint density at radius 3 is 3.14 bits per heavy atom. The summed E-state index contributed by atoms with van der Waals surface area (Å²) in [5.74, 6) is 0.593. The predicted octanol–water partition coefficient (Wildman–Crippen LogP) is -0.262. The van der Waals surface area contributed by atoms with E-state index in [-0.39, 0.29) is 6.10 Å². The zero-order chi connectivity index (χ0) is 9.80. The van der Waals surface area contributed by atoms with Crippen LogP contribution in [0.4, 0.5) is 0 Å². The number of hydrogen-bond donors (Lipinski definition) is 0. The van der Waals surface area contributed by atoms with Crippen molar-refractivity contribution in [1.82, 2.24) is 14.9 Å². The average Bonchev–Trinajstić information content (AvgIpc) is 2.16. The van der Waals surface area contributed by atoms with E-state index in [2.05, 4.69) is 9.97 Å². The first-order chi connectivity index (χ1) is 6.88. The van der Waals surface area contributed by atoms with Gasteiger partial charge in [0.05, 0.1) is 6.54 Å². The number of rotatable bonds is 4. The molecule has 2 rings (SSSR count). The van der Waals surface area contributed by atoms with Crippen LogP contribution in [0.3, 0.4) is 0 Å². The lowest BCUT2D eigenvalue weighted by Gasteiger charge is -2.37. The fourth-order valence-corrected chi connectivity index (χ4v) is 1.37. The summed E-state index contributed by atoms with van der Waals surface area (Å²) in [5.41, 5.74) is 0. The fourth-order valence-electron chi connectivity index (χ4n) is 1.37. The van der Waals surface area contributed by atoms with Crippen LogP contribution in [-0.2, 0) is 4.79 Å². The van der Waals surface area contributed by atoms with E-state index in [9.17, 15) is 4.79 Å². The minimum absolute atomic E-state index is 0.157. The van der Waals surface area contributed by atoms with Crippen LogP contribution >= 0.6 is 0 Å². The molecule has 0 bridgehead atoms. The third-order valence-corrected chi connectivity index (χ3v) is 2.10. The van der Waals surface area contributed by atoms with Gasteiger partial charge < -0.3 is 9.53 Å². The molecule has 1 fully saturated rings. The Morgan fingerprint density at radius 1 is 1.64 bits per heavy atom. The molecule has 5 heteroatoms. The van der Waals surface area contributed by atoms with E-state index >= 15 is 0 Å². The number of hydrogen-bond acceptors (Lipinski definition) is 5. The van der Waals surface area contributed by atoms with Gasteiger partial charge in [-0.2, -0.15) is 0 Å². The summed E-state index contributed by atoms with van der Waals surface area (Å²) in [6, 6.07) is 1.72. The van der Waals surface area contributed by atoms with Gasteiger partial charge in [-0.15, -0.1) is 0 Å². The normalized spacial score (nSPS) is 17.4. The molecular weight excluding hydrogens is 182 g/mol. The molecule has 1 aromatic heterocycles. The Labute approximate surface area is 81.7 Å². The Kier molecular flexibility index (Phi) is 2.69. The molecule has 0 atom stereocenters. The highest BCUT2D eigenvalue weighted by Gasteiger charge is 2.27. The van der Waals surface area contributed by atoms with Crippen LogP contribution in [0, 0.1) is 0 Å². The predicted molar refractivity (Wildman–Crippen MR) is 49.0 cm³/mol. The number of aldehydes is 1. The van der Waals surface area contributed by atoms with Gasteiger partial charge in [0.2, 0.25) is 5.88 Å². The van der Waals surface area contributed by atoms with Gasteiger partial charge in [0.25, 0.3) is 0 Å². The minimum atomic E-state index is 0.157. The van der Waals surface area contributed by atoms with Gasteiger partial charge in [0, 0.05) is 25.4 Å². The number of carbonyl (C=O) groups excluding carboxylic acids is 1. The standard InChI is InChI=1S/C9H11N3O2/c13-4-3-12-5-8(6-12)14-9-1-2-10-7-11-9/h1-2,4,7-8H,3,5-6H2. The van der Waals surface area contributed by atoms with Crippen LogP contribution in [0.2, 0.25) is 0 Å². The van der Waals surface area contributed by atoms with Gasteiger partial charge in [-0.3, -0.25) is 4.90 Å². The Bertz CT molecular complexity index is 298. The topological polar surface area (TPSA) is 55.3 Å². The van der Waals surface area contributed by atoms with Crippen molar-refractivity contribution >= 4 is 6.29 Å². The number of carbonyl (C=O) groups is 1. The molecule has 0 amide bonds. The molecule has 1 aliphatic rings. The Morgan fingerprint density at radius 2 is 2.50 bits per heavy atom. The van der Waals surface area contributed by atoms with E-state index < -0.39 is 0 Å². The number of ether oxygens (including phenoxy) is 1. The smallest absolute Gasteiger partial charge is 0.216 e. The van der Waals surface area contributed by atoms with Crippen molar-refractivity contribution < 1.29 is 9.53 Å². The first-order valence-corrected chi connectivity index (χ1v) is 4.47. The molecule has 0 N–H and O–H groups in total. The lowest BCUT2D eigenvalue weighted by atomic mass is 10.2. The molecular formula is C9H11N3O2. The van der Waals surface area contributed by atoms with Crippen LogP contribution in [0.5, 0.6) is 5.88 Å². The van der Waals surface area contributed by atoms with Crippen molar-refractivity contribution in [3.8, 4) is 5.88 Å². The van der Waals surface area contributed by atoms with Crippen molar-refractivity contribution in [1.29, 1.82) is 0 Å². The lowest BCUT2D eigenvalue weighted by Crippen LogP contribution is -2.54. The second-order valence-electron chi connectivity index (χ2n) is 3.17. The maximum absolute atomic E-state index is 10.2. The van der Waals surface area contributed by atoms with E-state index in [1.54, 1.807) is 12.3 Å². The van der Waals surface area contributed by atoms with Gasteiger partial charge in [-0.05, 0) is 0 Å². The molecule has 74 valence electrons. The number of nitrogens with zero attached hydrogens (tertiary/aromatic N) is 3. The SMILES string of the molecule is O=CCN1CC(Oc2ccncn2)C1. The third kappa shape index (κ3) is 2.05. The molecule has 0 saturated carbocycles. The van der Waals surface area contributed by atoms with Gasteiger partial charge >= 0.3 is 0 Å². The maximum atomic E-state index is 10.2. The highest BCUT2D eigenvalue weighted by atomic mass is 16.5. The molecule has 0 aliphatic carbocycles. The molecule has 5 nitrogen and oxygen atoms in total. The second kappa shape index (κ2) is 4.15. The molecule has 1 aliphatic heterocycles. The van der Waals surface area contributed by atoms with Crippen LogP contribution in [0.1, 0.15) is 0 Å². The molecule has 2 heterocycles. The Hall–Kier alpha value is -1.49. The van der Waals surface area contributed by atoms with Gasteiger partial charge in [-0.25, -0.2) is 9.97 Å². The van der Waals surface area contributed by atoms with Crippen molar-refractivity contribution in [2.75, 3.05) is 19.6 Å². The molecule has 0 unspecified atom stereocenters. The maximum Gasteiger partial charge on any atom is 0.216 e. The third-order valence-electron chi connectivity index (χ3n) is 2.10. The Balaban J connectivity index is 1.77. The molecule has 1 aromatic rings. The summed E-state index contributed by atoms with van der Waals surface area (Å²) in [4.78, 5) is 19.9. The van der Waals surface area contributed by atoms with Crippen LogP contribution in [-0.4, -0.2) is 46.9 Å². The van der Waals surface area contributed by atoms with Gasteiger partial charge in [-0.1, -0.05) is 0 Å². The van der Waals surface area contributed by atoms with Crippen molar-refractivity contribution in [2.24, 2.45) is 0 Å². The van der Waals surface area contributed by atoms with E-state index in [1.807, 2.05) is 4.90 Å². The van der Waals surface area contributed by atoms with E-state index in [4.69, 9.17) is 4.74 Å². The average molecular weight is 193 g/mol. The lowest BCUT2D eigenvalue weighted by molar-refractivity contribution is -0.111. The monoisotopic (exact) mass is 193 g/mol. The fraction of sp³-hybridized carbons (Fsp3) is 0.444. The highest BCUT2D eigenvalue weighted by molar-refractivity contribution is 5.52. The molecule has 0 radical (unpaired) electrons. The summed E-state index contributed by atoms with van der Waals surface area (Å²) in [6.07, 6.45) is 4.16. The molecule has 1 saturated heterocycles. The zero-order valence-electron chi connectivity index (χ0n) is 7.67. The first-order valence-electron chi connectivity index (χ1n) is 4.47. The number of likely N-dealkylation sites (tertiary alicyclic amines) is 1. The summed E-state index contributed by atoms with van der Waals surface area (Å²) in [6.45, 7) is 2.08. The molecule has 14 heavy (non-hydrogen) atoms. The van der Waals surface area contributed by atoms with E-state index in [0.29, 0.717) is 12.4 Å². The van der Waals surface area contributed by atoms with Crippen LogP contribution < -0.4 is 4.74 Å². The van der Waals surface area contributed by atoms with Crippen LogP contribution in [0.15, 0.2) is 18.6 Å². The van der Waals surface area contributed by atoms with Crippen molar-refractivity contribution in [2.45, 2.75) is 6.10 Å². The zero-order valence-corrected chi connectivity index (χ0v) is 7.67. The second-order valence-corrected chi connectivity index (χ2v) is 3.17. The van der Waals surface area contributed by atoms with Crippen LogP contribution in [0.25, 0.3) is 0 Å². The molecule has 0 aromatic carbocycles. The summed E-state index contributed by atoms with van der Waals surface area (Å²) in [5, 5.41) is 0. The number of aromatic nitrogens is 2. The summed E-state index contributed by atoms with van der Waals surface area (Å²) >= 11 is 0. The largest absolute Gasteiger partial charge is 0.472 e. The van der Waals surface area contributed by atoms with Gasteiger partial charge in [0.15, 0.2) is 0 Å². The molecule has 0 spiro atoms. The summed E-state index contributed by atoms with van der Waals surface area (Å²) in [7, 11) is 0. The quantitative estimate of drug-likeness (QED) is 0.616. The van der Waals surface area contributed by atoms with E-state index in [1.165, 1.54) is 6.33 Å². The minimum Gasteiger partial charge on any atom is -0.472 e. The highest BCUT2D eigenvalue weighted by Crippen LogP contribution is 2.13. The first kappa shape index (κ1) is 9.08. The van der Waals surface area contributed by atoms with Gasteiger partial charge in [0.1, 0.15) is 18.7 Å². The summed E-state index contributed by atoms with van der Waals surface area (Å²) < 4.78 is 5.52. The van der Waals surface area contributed by atoms with E-state index in [0.717, 1.165) is 19.4 Å². The van der Waals surface area contributed by atoms with Crippen molar-refractivity contribution in [3.05, 3.63) is 18.6 Å². The van der Waals surface area contributed by atoms with Crippen molar-refractivity contribution in [3.63, 3.8) is 0 Å².